The first-order valence-electron chi connectivity index (χ1n) is 6.66. The average molecular weight is 327 g/mol. The van der Waals surface area contributed by atoms with Crippen LogP contribution in [0, 0.1) is 0 Å². The first-order valence-corrected chi connectivity index (χ1v) is 7.48. The molecule has 0 amide bonds. The molecule has 114 valence electrons. The van der Waals surface area contributed by atoms with E-state index in [1.165, 1.54) is 12.5 Å². The quantitative estimate of drug-likeness (QED) is 0.894. The molecule has 1 aromatic rings. The number of nitrogens with one attached hydrogen (secondary N) is 1. The first-order chi connectivity index (χ1) is 9.04. The maximum absolute atomic E-state index is 12.6. The predicted octanol–water partition coefficient (Wildman–Crippen LogP) is 3.52. The Morgan fingerprint density at radius 3 is 2.65 bits per heavy atom. The number of nitrogens with zero attached hydrogens (tertiary/aromatic N) is 1. The van der Waals surface area contributed by atoms with E-state index in [1.807, 2.05) is 0 Å². The predicted molar refractivity (Wildman–Crippen MR) is 76.4 cm³/mol. The Bertz CT molecular complexity index is 435. The summed E-state index contributed by atoms with van der Waals surface area (Å²) in [7, 11) is 0. The zero-order valence-corrected chi connectivity index (χ0v) is 12.6. The van der Waals surface area contributed by atoms with Crippen LogP contribution in [-0.4, -0.2) is 30.1 Å². The normalized spacial score (nSPS) is 27.1. The highest BCUT2D eigenvalue weighted by atomic mass is 35.5. The molecule has 2 atom stereocenters. The van der Waals surface area contributed by atoms with Gasteiger partial charge in [-0.3, -0.25) is 4.90 Å². The number of fused-ring (bicyclic) bond motifs is 2. The molecule has 2 saturated heterocycles. The number of hydrogen-bond acceptors (Lipinski definition) is 3. The van der Waals surface area contributed by atoms with Crippen molar-refractivity contribution in [3.8, 4) is 0 Å². The monoisotopic (exact) mass is 326 g/mol. The molecule has 7 heteroatoms. The molecule has 1 N–H and O–H groups in total. The standard InChI is InChI=1S/C13H17F3N2S.ClH/c14-13(15,16)12-4-3-11(19-12)8-18-9-1-2-10(18)7-17-6-5-9;/h3-4,9-10,17H,1-2,5-8H2;1H. The zero-order chi connectivity index (χ0) is 13.5. The Labute approximate surface area is 126 Å². The van der Waals surface area contributed by atoms with Crippen molar-refractivity contribution in [2.45, 2.75) is 44.1 Å². The maximum atomic E-state index is 12.6. The van der Waals surface area contributed by atoms with E-state index in [0.29, 0.717) is 18.6 Å². The molecule has 2 nitrogen and oxygen atoms in total. The van der Waals surface area contributed by atoms with Crippen molar-refractivity contribution in [1.82, 2.24) is 10.2 Å². The van der Waals surface area contributed by atoms with Gasteiger partial charge < -0.3 is 5.32 Å². The Hall–Kier alpha value is -0.300. The van der Waals surface area contributed by atoms with Crippen LogP contribution in [0.25, 0.3) is 0 Å². The summed E-state index contributed by atoms with van der Waals surface area (Å²) in [6.45, 7) is 2.65. The summed E-state index contributed by atoms with van der Waals surface area (Å²) in [4.78, 5) is 2.74. The fourth-order valence-corrected chi connectivity index (χ4v) is 4.02. The van der Waals surface area contributed by atoms with Gasteiger partial charge in [-0.15, -0.1) is 23.7 Å². The van der Waals surface area contributed by atoms with Crippen LogP contribution in [-0.2, 0) is 12.7 Å². The van der Waals surface area contributed by atoms with Gasteiger partial charge in [0.15, 0.2) is 0 Å². The fourth-order valence-electron chi connectivity index (χ4n) is 3.13. The van der Waals surface area contributed by atoms with Crippen LogP contribution < -0.4 is 5.32 Å². The summed E-state index contributed by atoms with van der Waals surface area (Å²) in [5.41, 5.74) is 0. The topological polar surface area (TPSA) is 15.3 Å². The molecule has 2 fully saturated rings. The summed E-state index contributed by atoms with van der Waals surface area (Å²) < 4.78 is 37.8. The Kier molecular flexibility index (Phi) is 5.00. The van der Waals surface area contributed by atoms with E-state index < -0.39 is 11.1 Å². The largest absolute Gasteiger partial charge is 0.425 e. The molecule has 3 rings (SSSR count). The van der Waals surface area contributed by atoms with Gasteiger partial charge in [-0.25, -0.2) is 0 Å². The van der Waals surface area contributed by atoms with Gasteiger partial charge in [0.25, 0.3) is 0 Å². The molecule has 0 aromatic carbocycles. The first kappa shape index (κ1) is 16.1. The van der Waals surface area contributed by atoms with E-state index in [-0.39, 0.29) is 12.4 Å². The Morgan fingerprint density at radius 2 is 1.95 bits per heavy atom. The third kappa shape index (κ3) is 3.30. The molecular formula is C13H18ClF3N2S. The molecule has 2 bridgehead atoms. The van der Waals surface area contributed by atoms with Crippen molar-refractivity contribution in [1.29, 1.82) is 0 Å². The van der Waals surface area contributed by atoms with Gasteiger partial charge in [-0.2, -0.15) is 13.2 Å². The summed E-state index contributed by atoms with van der Waals surface area (Å²) >= 11 is 0.885. The van der Waals surface area contributed by atoms with E-state index in [9.17, 15) is 13.2 Å². The summed E-state index contributed by atoms with van der Waals surface area (Å²) in [6.07, 6.45) is -0.755. The van der Waals surface area contributed by atoms with E-state index in [1.54, 1.807) is 6.07 Å². The molecule has 0 spiro atoms. The second-order valence-corrected chi connectivity index (χ2v) is 6.48. The summed E-state index contributed by atoms with van der Waals surface area (Å²) in [5, 5.41) is 3.41. The average Bonchev–Trinajstić information content (AvgIpc) is 2.84. The van der Waals surface area contributed by atoms with Crippen molar-refractivity contribution in [3.63, 3.8) is 0 Å². The molecule has 2 unspecified atom stereocenters. The van der Waals surface area contributed by atoms with E-state index in [4.69, 9.17) is 0 Å². The second kappa shape index (κ2) is 6.22. The van der Waals surface area contributed by atoms with Gasteiger partial charge >= 0.3 is 6.18 Å². The Balaban J connectivity index is 0.00000147. The zero-order valence-electron chi connectivity index (χ0n) is 10.9. The number of halogens is 4. The van der Waals surface area contributed by atoms with E-state index in [0.717, 1.165) is 42.1 Å². The maximum Gasteiger partial charge on any atom is 0.425 e. The van der Waals surface area contributed by atoms with Gasteiger partial charge in [0.05, 0.1) is 0 Å². The molecule has 2 aliphatic heterocycles. The highest BCUT2D eigenvalue weighted by Gasteiger charge is 2.36. The molecule has 2 aliphatic rings. The minimum absolute atomic E-state index is 0. The molecule has 20 heavy (non-hydrogen) atoms. The fraction of sp³-hybridized carbons (Fsp3) is 0.692. The van der Waals surface area contributed by atoms with Crippen LogP contribution in [0.4, 0.5) is 13.2 Å². The molecular weight excluding hydrogens is 309 g/mol. The third-order valence-electron chi connectivity index (χ3n) is 4.08. The van der Waals surface area contributed by atoms with Crippen LogP contribution in [0.2, 0.25) is 0 Å². The number of thiophene rings is 1. The number of alkyl halides is 3. The number of rotatable bonds is 2. The van der Waals surface area contributed by atoms with Crippen LogP contribution in [0.15, 0.2) is 12.1 Å². The van der Waals surface area contributed by atoms with Crippen LogP contribution in [0.5, 0.6) is 0 Å². The minimum atomic E-state index is -4.21. The van der Waals surface area contributed by atoms with E-state index >= 15 is 0 Å². The minimum Gasteiger partial charge on any atom is -0.315 e. The van der Waals surface area contributed by atoms with Gasteiger partial charge in [-0.1, -0.05) is 0 Å². The summed E-state index contributed by atoms with van der Waals surface area (Å²) in [5.74, 6) is 0. The van der Waals surface area contributed by atoms with Gasteiger partial charge in [0, 0.05) is 30.1 Å². The van der Waals surface area contributed by atoms with Crippen molar-refractivity contribution >= 4 is 23.7 Å². The van der Waals surface area contributed by atoms with Crippen LogP contribution in [0.3, 0.4) is 0 Å². The van der Waals surface area contributed by atoms with Crippen molar-refractivity contribution < 1.29 is 13.2 Å². The molecule has 1 aromatic heterocycles. The Morgan fingerprint density at radius 1 is 1.20 bits per heavy atom. The molecule has 3 heterocycles. The lowest BCUT2D eigenvalue weighted by atomic mass is 10.1. The second-order valence-electron chi connectivity index (χ2n) is 5.31. The lowest BCUT2D eigenvalue weighted by Gasteiger charge is -2.26. The van der Waals surface area contributed by atoms with Crippen molar-refractivity contribution in [2.75, 3.05) is 13.1 Å². The highest BCUT2D eigenvalue weighted by Crippen LogP contribution is 2.36. The van der Waals surface area contributed by atoms with Gasteiger partial charge in [0.1, 0.15) is 4.88 Å². The highest BCUT2D eigenvalue weighted by molar-refractivity contribution is 7.12. The molecule has 0 saturated carbocycles. The van der Waals surface area contributed by atoms with E-state index in [2.05, 4.69) is 10.2 Å². The molecule has 0 aliphatic carbocycles. The van der Waals surface area contributed by atoms with Gasteiger partial charge in [0.2, 0.25) is 0 Å². The lowest BCUT2D eigenvalue weighted by Crippen LogP contribution is -2.37. The summed E-state index contributed by atoms with van der Waals surface area (Å²) in [6, 6.07) is 3.86. The van der Waals surface area contributed by atoms with Crippen molar-refractivity contribution in [2.24, 2.45) is 0 Å². The lowest BCUT2D eigenvalue weighted by molar-refractivity contribution is -0.134. The van der Waals surface area contributed by atoms with Crippen LogP contribution in [0.1, 0.15) is 29.0 Å². The third-order valence-corrected chi connectivity index (χ3v) is 5.20. The SMILES string of the molecule is Cl.FC(F)(F)c1ccc(CN2C3CCNCC2CC3)s1. The number of hydrogen-bond donors (Lipinski definition) is 1. The van der Waals surface area contributed by atoms with Gasteiger partial charge in [-0.05, 0) is 37.9 Å². The van der Waals surface area contributed by atoms with Crippen LogP contribution >= 0.6 is 23.7 Å². The smallest absolute Gasteiger partial charge is 0.315 e. The molecule has 0 radical (unpaired) electrons. The van der Waals surface area contributed by atoms with Crippen molar-refractivity contribution in [3.05, 3.63) is 21.9 Å².